The third-order valence-corrected chi connectivity index (χ3v) is 5.53. The second-order valence-corrected chi connectivity index (χ2v) is 6.99. The molecule has 0 aliphatic carbocycles. The molecular weight excluding hydrogens is 308 g/mol. The molecule has 0 bridgehead atoms. The van der Waals surface area contributed by atoms with E-state index in [0.717, 1.165) is 44.5 Å². The van der Waals surface area contributed by atoms with E-state index in [1.54, 1.807) is 0 Å². The van der Waals surface area contributed by atoms with Crippen LogP contribution in [0.25, 0.3) is 0 Å². The molecule has 1 aliphatic rings. The molecule has 1 aliphatic heterocycles. The molecule has 1 saturated heterocycles. The summed E-state index contributed by atoms with van der Waals surface area (Å²) in [5, 5.41) is 7.33. The molecule has 1 fully saturated rings. The van der Waals surface area contributed by atoms with Crippen LogP contribution in [0.3, 0.4) is 0 Å². The number of halogens is 1. The van der Waals surface area contributed by atoms with Gasteiger partial charge >= 0.3 is 0 Å². The number of hydrogen-bond donors (Lipinski definition) is 2. The lowest BCUT2D eigenvalue weighted by Crippen LogP contribution is -2.44. The number of hydrogen-bond acceptors (Lipinski definition) is 2. The second kappa shape index (κ2) is 8.70. The van der Waals surface area contributed by atoms with E-state index in [-0.39, 0.29) is 5.91 Å². The highest BCUT2D eigenvalue weighted by molar-refractivity contribution is 6.30. The zero-order valence-corrected chi connectivity index (χ0v) is 15.1. The summed E-state index contributed by atoms with van der Waals surface area (Å²) in [5.41, 5.74) is 0.610. The number of amides is 1. The van der Waals surface area contributed by atoms with Gasteiger partial charge in [0.25, 0.3) is 0 Å². The van der Waals surface area contributed by atoms with Crippen LogP contribution in [0.2, 0.25) is 5.02 Å². The van der Waals surface area contributed by atoms with Crippen molar-refractivity contribution in [3.05, 3.63) is 34.9 Å². The molecule has 0 aromatic heterocycles. The van der Waals surface area contributed by atoms with E-state index >= 15 is 0 Å². The highest BCUT2D eigenvalue weighted by Crippen LogP contribution is 2.32. The fourth-order valence-corrected chi connectivity index (χ4v) is 3.73. The smallest absolute Gasteiger partial charge is 0.230 e. The summed E-state index contributed by atoms with van der Waals surface area (Å²) < 4.78 is 0. The summed E-state index contributed by atoms with van der Waals surface area (Å²) in [6.07, 6.45) is 5.16. The Hall–Kier alpha value is -1.06. The number of nitrogens with one attached hydrogen (secondary N) is 2. The minimum atomic E-state index is -0.449. The molecule has 1 atom stereocenters. The second-order valence-electron chi connectivity index (χ2n) is 6.55. The van der Waals surface area contributed by atoms with Crippen molar-refractivity contribution in [3.8, 4) is 0 Å². The molecule has 3 nitrogen and oxygen atoms in total. The van der Waals surface area contributed by atoms with Crippen LogP contribution in [-0.4, -0.2) is 25.5 Å². The van der Waals surface area contributed by atoms with Gasteiger partial charge in [-0.2, -0.15) is 0 Å². The van der Waals surface area contributed by atoms with Gasteiger partial charge in [-0.15, -0.1) is 0 Å². The summed E-state index contributed by atoms with van der Waals surface area (Å²) in [4.78, 5) is 12.9. The van der Waals surface area contributed by atoms with Gasteiger partial charge in [0.15, 0.2) is 0 Å². The predicted octanol–water partition coefficient (Wildman–Crippen LogP) is 3.90. The average Bonchev–Trinajstić information content (AvgIpc) is 2.59. The first-order valence-corrected chi connectivity index (χ1v) is 9.25. The SMILES string of the molecule is CCC(CC)(C(=O)NCCC1CCCNC1)c1ccc(Cl)cc1. The van der Waals surface area contributed by atoms with E-state index in [1.165, 1.54) is 12.8 Å². The molecule has 1 aromatic rings. The van der Waals surface area contributed by atoms with Crippen LogP contribution in [0.5, 0.6) is 0 Å². The van der Waals surface area contributed by atoms with Crippen molar-refractivity contribution >= 4 is 17.5 Å². The van der Waals surface area contributed by atoms with E-state index in [1.807, 2.05) is 24.3 Å². The van der Waals surface area contributed by atoms with Crippen molar-refractivity contribution in [2.45, 2.75) is 51.4 Å². The zero-order valence-electron chi connectivity index (χ0n) is 14.3. The number of carbonyl (C=O) groups is 1. The maximum absolute atomic E-state index is 12.9. The Morgan fingerprint density at radius 3 is 2.57 bits per heavy atom. The predicted molar refractivity (Wildman–Crippen MR) is 96.9 cm³/mol. The molecule has 2 N–H and O–H groups in total. The molecule has 1 heterocycles. The summed E-state index contributed by atoms with van der Waals surface area (Å²) >= 11 is 5.99. The van der Waals surface area contributed by atoms with Gasteiger partial charge < -0.3 is 10.6 Å². The number of rotatable bonds is 7. The quantitative estimate of drug-likeness (QED) is 0.792. The van der Waals surface area contributed by atoms with Crippen molar-refractivity contribution in [1.29, 1.82) is 0 Å². The van der Waals surface area contributed by atoms with Crippen molar-refractivity contribution in [3.63, 3.8) is 0 Å². The lowest BCUT2D eigenvalue weighted by molar-refractivity contribution is -0.127. The highest BCUT2D eigenvalue weighted by Gasteiger charge is 2.36. The topological polar surface area (TPSA) is 41.1 Å². The first kappa shape index (κ1) is 18.3. The Morgan fingerprint density at radius 2 is 2.00 bits per heavy atom. The highest BCUT2D eigenvalue weighted by atomic mass is 35.5. The normalized spacial score (nSPS) is 18.7. The molecule has 4 heteroatoms. The van der Waals surface area contributed by atoms with Gasteiger partial charge in [0.1, 0.15) is 0 Å². The summed E-state index contributed by atoms with van der Waals surface area (Å²) in [7, 11) is 0. The van der Waals surface area contributed by atoms with Gasteiger partial charge in [0, 0.05) is 11.6 Å². The van der Waals surface area contributed by atoms with Crippen LogP contribution in [0, 0.1) is 5.92 Å². The van der Waals surface area contributed by atoms with Crippen LogP contribution < -0.4 is 10.6 Å². The van der Waals surface area contributed by atoms with Gasteiger partial charge in [0.2, 0.25) is 5.91 Å². The van der Waals surface area contributed by atoms with Crippen LogP contribution >= 0.6 is 11.6 Å². The maximum atomic E-state index is 12.9. The molecule has 1 amide bonds. The zero-order chi connectivity index (χ0) is 16.7. The first-order chi connectivity index (χ1) is 11.1. The summed E-state index contributed by atoms with van der Waals surface area (Å²) in [6.45, 7) is 7.15. The van der Waals surface area contributed by atoms with Gasteiger partial charge in [0.05, 0.1) is 5.41 Å². The van der Waals surface area contributed by atoms with Gasteiger partial charge in [-0.3, -0.25) is 4.79 Å². The molecule has 1 aromatic carbocycles. The molecule has 0 spiro atoms. The Balaban J connectivity index is 1.98. The van der Waals surface area contributed by atoms with Crippen LogP contribution in [0.1, 0.15) is 51.5 Å². The molecular formula is C19H29ClN2O. The lowest BCUT2D eigenvalue weighted by atomic mass is 9.75. The van der Waals surface area contributed by atoms with Gasteiger partial charge in [-0.25, -0.2) is 0 Å². The monoisotopic (exact) mass is 336 g/mol. The fourth-order valence-electron chi connectivity index (χ4n) is 3.61. The van der Waals surface area contributed by atoms with Crippen molar-refractivity contribution in [1.82, 2.24) is 10.6 Å². The Morgan fingerprint density at radius 1 is 1.30 bits per heavy atom. The lowest BCUT2D eigenvalue weighted by Gasteiger charge is -2.31. The van der Waals surface area contributed by atoms with Crippen LogP contribution in [0.4, 0.5) is 0 Å². The molecule has 128 valence electrons. The molecule has 2 rings (SSSR count). The Bertz CT molecular complexity index is 491. The molecule has 23 heavy (non-hydrogen) atoms. The van der Waals surface area contributed by atoms with E-state index < -0.39 is 5.41 Å². The Labute approximate surface area is 145 Å². The van der Waals surface area contributed by atoms with Gasteiger partial charge in [-0.1, -0.05) is 37.6 Å². The third kappa shape index (κ3) is 4.48. The summed E-state index contributed by atoms with van der Waals surface area (Å²) in [6, 6.07) is 7.72. The maximum Gasteiger partial charge on any atom is 0.230 e. The van der Waals surface area contributed by atoms with Crippen LogP contribution in [-0.2, 0) is 10.2 Å². The van der Waals surface area contributed by atoms with E-state index in [2.05, 4.69) is 24.5 Å². The van der Waals surface area contributed by atoms with E-state index in [0.29, 0.717) is 10.9 Å². The summed E-state index contributed by atoms with van der Waals surface area (Å²) in [5.74, 6) is 0.839. The minimum absolute atomic E-state index is 0.147. The standard InChI is InChI=1S/C19H29ClN2O/c1-3-19(4-2,16-7-9-17(20)10-8-16)18(23)22-13-11-15-6-5-12-21-14-15/h7-10,15,21H,3-6,11-14H2,1-2H3,(H,22,23). The minimum Gasteiger partial charge on any atom is -0.355 e. The van der Waals surface area contributed by atoms with Gasteiger partial charge in [-0.05, 0) is 68.8 Å². The first-order valence-electron chi connectivity index (χ1n) is 8.87. The molecule has 0 radical (unpaired) electrons. The van der Waals surface area contributed by atoms with E-state index in [4.69, 9.17) is 11.6 Å². The Kier molecular flexibility index (Phi) is 6.91. The number of carbonyl (C=O) groups excluding carboxylic acids is 1. The number of benzene rings is 1. The number of piperidine rings is 1. The van der Waals surface area contributed by atoms with Crippen molar-refractivity contribution in [2.24, 2.45) is 5.92 Å². The molecule has 1 unspecified atom stereocenters. The fraction of sp³-hybridized carbons (Fsp3) is 0.632. The average molecular weight is 337 g/mol. The van der Waals surface area contributed by atoms with Crippen molar-refractivity contribution < 1.29 is 4.79 Å². The van der Waals surface area contributed by atoms with E-state index in [9.17, 15) is 4.79 Å². The van der Waals surface area contributed by atoms with Crippen LogP contribution in [0.15, 0.2) is 24.3 Å². The largest absolute Gasteiger partial charge is 0.355 e. The third-order valence-electron chi connectivity index (χ3n) is 5.28. The molecule has 0 saturated carbocycles. The van der Waals surface area contributed by atoms with Crippen molar-refractivity contribution in [2.75, 3.05) is 19.6 Å².